The van der Waals surface area contributed by atoms with Crippen LogP contribution in [0.1, 0.15) is 90.2 Å². The van der Waals surface area contributed by atoms with Gasteiger partial charge in [0.1, 0.15) is 7.05 Å². The fraction of sp³-hybridized carbons (Fsp3) is 0.571. The van der Waals surface area contributed by atoms with E-state index in [4.69, 9.17) is 18.9 Å². The lowest BCUT2D eigenvalue weighted by molar-refractivity contribution is -0.401. The van der Waals surface area contributed by atoms with E-state index in [-0.39, 0.29) is 35.2 Å². The van der Waals surface area contributed by atoms with Gasteiger partial charge in [0.25, 0.3) is 0 Å². The minimum Gasteiger partial charge on any atom is -1.00 e. The number of amides is 2. The summed E-state index contributed by atoms with van der Waals surface area (Å²) in [6.07, 6.45) is 13.9. The molecular formula is C49H67ClN4O6. The molecule has 0 aromatic heterocycles. The Bertz CT molecular complexity index is 1890. The number of carbonyl (C=O) groups excluding carboxylic acids is 2. The first-order chi connectivity index (χ1) is 28.6. The molecule has 11 heteroatoms. The summed E-state index contributed by atoms with van der Waals surface area (Å²) < 4.78 is 24.5. The highest BCUT2D eigenvalue weighted by Crippen LogP contribution is 2.52. The van der Waals surface area contributed by atoms with Gasteiger partial charge in [-0.1, -0.05) is 62.7 Å². The van der Waals surface area contributed by atoms with Crippen molar-refractivity contribution in [3.63, 3.8) is 0 Å². The van der Waals surface area contributed by atoms with E-state index in [2.05, 4.69) is 133 Å². The SMILES string of the molecule is C[N+]1=C(/C=C/C=C2/N(CCCCCC(=O)NCCOCCOCCOCCNC(=O)OCC3[C@H]4CCC#CCC[C@@H]34)c3ccccc3C2(C)C)C(C)(C)c2ccccc21.[Cl-]. The first kappa shape index (κ1) is 46.9. The third kappa shape index (κ3) is 12.0. The van der Waals surface area contributed by atoms with Crippen molar-refractivity contribution < 1.29 is 45.5 Å². The third-order valence-electron chi connectivity index (χ3n) is 12.6. The van der Waals surface area contributed by atoms with Crippen LogP contribution in [0.15, 0.2) is 72.5 Å². The van der Waals surface area contributed by atoms with Crippen LogP contribution in [0.4, 0.5) is 16.2 Å². The van der Waals surface area contributed by atoms with Gasteiger partial charge >= 0.3 is 6.09 Å². The zero-order valence-electron chi connectivity index (χ0n) is 36.5. The lowest BCUT2D eigenvalue weighted by Crippen LogP contribution is -3.00. The molecule has 2 aliphatic heterocycles. The predicted octanol–water partition coefficient (Wildman–Crippen LogP) is 4.83. The van der Waals surface area contributed by atoms with Gasteiger partial charge in [0.05, 0.1) is 51.7 Å². The number of hydrogen-bond donors (Lipinski definition) is 2. The average molecular weight is 844 g/mol. The zero-order chi connectivity index (χ0) is 41.7. The lowest BCUT2D eigenvalue weighted by atomic mass is 9.81. The molecule has 1 fully saturated rings. The molecule has 4 aliphatic rings. The van der Waals surface area contributed by atoms with Gasteiger partial charge in [0.15, 0.2) is 5.71 Å². The minimum atomic E-state index is -0.382. The number of anilines is 1. The number of alkyl carbamates (subject to hydrolysis) is 1. The van der Waals surface area contributed by atoms with Gasteiger partial charge < -0.3 is 46.9 Å². The number of nitrogens with zero attached hydrogens (tertiary/aromatic N) is 2. The largest absolute Gasteiger partial charge is 1.00 e. The van der Waals surface area contributed by atoms with Crippen LogP contribution in [0.3, 0.4) is 0 Å². The minimum absolute atomic E-state index is 0. The lowest BCUT2D eigenvalue weighted by Gasteiger charge is -2.27. The molecule has 0 spiro atoms. The molecule has 326 valence electrons. The van der Waals surface area contributed by atoms with Crippen molar-refractivity contribution in [1.29, 1.82) is 0 Å². The highest BCUT2D eigenvalue weighted by molar-refractivity contribution is 6.03. The second-order valence-electron chi connectivity index (χ2n) is 17.2. The van der Waals surface area contributed by atoms with Gasteiger partial charge in [0.2, 0.25) is 11.6 Å². The quantitative estimate of drug-likeness (QED) is 0.0997. The Morgan fingerprint density at radius 2 is 1.42 bits per heavy atom. The van der Waals surface area contributed by atoms with Gasteiger partial charge in [-0.15, -0.1) is 11.8 Å². The van der Waals surface area contributed by atoms with Crippen LogP contribution >= 0.6 is 0 Å². The number of hydrogen-bond acceptors (Lipinski definition) is 7. The Balaban J connectivity index is 0.00000683. The molecule has 2 heterocycles. The maximum Gasteiger partial charge on any atom is 0.407 e. The van der Waals surface area contributed by atoms with E-state index in [9.17, 15) is 9.59 Å². The number of ether oxygens (including phenoxy) is 4. The molecular weight excluding hydrogens is 776 g/mol. The van der Waals surface area contributed by atoms with Crippen LogP contribution in [0.25, 0.3) is 0 Å². The number of fused-ring (bicyclic) bond motifs is 3. The summed E-state index contributed by atoms with van der Waals surface area (Å²) >= 11 is 0. The van der Waals surface area contributed by atoms with Crippen LogP contribution in [0.5, 0.6) is 0 Å². The molecule has 2 amide bonds. The summed E-state index contributed by atoms with van der Waals surface area (Å²) in [6, 6.07) is 17.4. The highest BCUT2D eigenvalue weighted by Gasteiger charge is 2.49. The summed E-state index contributed by atoms with van der Waals surface area (Å²) in [5.74, 6) is 8.30. The third-order valence-corrected chi connectivity index (χ3v) is 12.6. The molecule has 1 saturated carbocycles. The summed E-state index contributed by atoms with van der Waals surface area (Å²) in [5.41, 5.74) is 7.67. The van der Waals surface area contributed by atoms with Gasteiger partial charge in [0, 0.05) is 73.4 Å². The van der Waals surface area contributed by atoms with Gasteiger partial charge in [-0.2, -0.15) is 4.58 Å². The maximum absolute atomic E-state index is 12.5. The second-order valence-corrected chi connectivity index (χ2v) is 17.2. The maximum atomic E-state index is 12.5. The number of unbranched alkanes of at least 4 members (excludes halogenated alkanes) is 2. The van der Waals surface area contributed by atoms with E-state index in [1.807, 2.05) is 0 Å². The van der Waals surface area contributed by atoms with Crippen molar-refractivity contribution in [2.24, 2.45) is 17.8 Å². The first-order valence-electron chi connectivity index (χ1n) is 21.9. The molecule has 60 heavy (non-hydrogen) atoms. The monoisotopic (exact) mass is 842 g/mol. The number of halogens is 1. The Kier molecular flexibility index (Phi) is 17.7. The first-order valence-corrected chi connectivity index (χ1v) is 21.9. The predicted molar refractivity (Wildman–Crippen MR) is 234 cm³/mol. The van der Waals surface area contributed by atoms with Crippen LogP contribution in [0, 0.1) is 29.6 Å². The van der Waals surface area contributed by atoms with Crippen molar-refractivity contribution in [2.75, 3.05) is 77.8 Å². The number of carbonyl (C=O) groups is 2. The topological polar surface area (TPSA) is 101 Å². The Morgan fingerprint density at radius 1 is 0.800 bits per heavy atom. The second kappa shape index (κ2) is 22.6. The molecule has 10 nitrogen and oxygen atoms in total. The molecule has 0 radical (unpaired) electrons. The summed E-state index contributed by atoms with van der Waals surface area (Å²) in [5, 5.41) is 5.73. The van der Waals surface area contributed by atoms with Crippen molar-refractivity contribution in [2.45, 2.75) is 89.9 Å². The van der Waals surface area contributed by atoms with E-state index in [1.165, 1.54) is 33.9 Å². The van der Waals surface area contributed by atoms with Crippen LogP contribution in [-0.2, 0) is 34.6 Å². The molecule has 0 bridgehead atoms. The van der Waals surface area contributed by atoms with Gasteiger partial charge in [-0.25, -0.2) is 4.79 Å². The fourth-order valence-electron chi connectivity index (χ4n) is 9.27. The van der Waals surface area contributed by atoms with Crippen molar-refractivity contribution in [1.82, 2.24) is 10.6 Å². The van der Waals surface area contributed by atoms with Gasteiger partial charge in [-0.3, -0.25) is 4.79 Å². The van der Waals surface area contributed by atoms with E-state index >= 15 is 0 Å². The van der Waals surface area contributed by atoms with E-state index < -0.39 is 0 Å². The normalized spacial score (nSPS) is 21.2. The van der Waals surface area contributed by atoms with Crippen molar-refractivity contribution in [3.05, 3.63) is 83.6 Å². The molecule has 2 aliphatic carbocycles. The smallest absolute Gasteiger partial charge is 0.407 e. The van der Waals surface area contributed by atoms with Crippen LogP contribution in [-0.4, -0.2) is 95.2 Å². The van der Waals surface area contributed by atoms with E-state index in [1.54, 1.807) is 0 Å². The average Bonchev–Trinajstić information content (AvgIpc) is 3.75. The summed E-state index contributed by atoms with van der Waals surface area (Å²) in [7, 11) is 2.16. The summed E-state index contributed by atoms with van der Waals surface area (Å²) in [6.45, 7) is 14.1. The van der Waals surface area contributed by atoms with E-state index in [0.717, 1.165) is 51.5 Å². The highest BCUT2D eigenvalue weighted by atomic mass is 35.5. The standard InChI is InChI=1S/C49H66N4O6.ClH/c1-48(2)40-20-12-14-22-42(40)52(5)44(48)24-17-25-45-49(3,4)41-21-13-15-23-43(41)53(45)29-16-8-11-26-46(54)50-27-30-56-32-34-58-35-33-57-31-28-51-47(55)59-36-39-37-18-9-6-7-10-19-38(37)39;/h12-15,17,20-25,37-39H,8-11,16,18-19,26-36H2,1-5H3,(H-,50,51,54,55);1H/t37-,38+,39?;. The molecule has 1 unspecified atom stereocenters. The van der Waals surface area contributed by atoms with Crippen LogP contribution < -0.4 is 27.9 Å². The van der Waals surface area contributed by atoms with Crippen molar-refractivity contribution >= 4 is 29.1 Å². The van der Waals surface area contributed by atoms with Gasteiger partial charge in [-0.05, 0) is 75.0 Å². The number of allylic oxidation sites excluding steroid dienone is 4. The zero-order valence-corrected chi connectivity index (χ0v) is 37.3. The number of rotatable bonds is 22. The molecule has 2 aromatic rings. The Morgan fingerprint density at radius 3 is 2.10 bits per heavy atom. The molecule has 0 saturated heterocycles. The fourth-order valence-corrected chi connectivity index (χ4v) is 9.27. The molecule has 3 atom stereocenters. The number of benzene rings is 2. The number of nitrogens with one attached hydrogen (secondary N) is 2. The Labute approximate surface area is 364 Å². The summed E-state index contributed by atoms with van der Waals surface area (Å²) in [4.78, 5) is 27.0. The van der Waals surface area contributed by atoms with E-state index in [0.29, 0.717) is 83.5 Å². The molecule has 2 N–H and O–H groups in total. The van der Waals surface area contributed by atoms with Crippen LogP contribution in [0.2, 0.25) is 0 Å². The Hall–Kier alpha value is -4.14. The molecule has 6 rings (SSSR count). The molecule has 2 aromatic carbocycles. The van der Waals surface area contributed by atoms with Crippen molar-refractivity contribution in [3.8, 4) is 11.8 Å². The number of para-hydroxylation sites is 2.